The fourth-order valence-corrected chi connectivity index (χ4v) is 2.93. The van der Waals surface area contributed by atoms with Gasteiger partial charge in [0, 0.05) is 26.2 Å². The standard InChI is InChI=1S/C19H24N4O2/c1-2-20-19(22-11-10-21-18(24)17-8-5-13-25-17)23-12-9-15-6-3-4-7-16(15)14-23/h3-8,13H,2,9-12,14H2,1H3,(H,20,22)(H,21,24). The largest absolute Gasteiger partial charge is 0.459 e. The molecule has 132 valence electrons. The topological polar surface area (TPSA) is 69.9 Å². The molecule has 1 aromatic carbocycles. The molecule has 0 unspecified atom stereocenters. The highest BCUT2D eigenvalue weighted by Crippen LogP contribution is 2.18. The summed E-state index contributed by atoms with van der Waals surface area (Å²) in [6, 6.07) is 11.9. The maximum Gasteiger partial charge on any atom is 0.287 e. The Hall–Kier alpha value is -2.76. The summed E-state index contributed by atoms with van der Waals surface area (Å²) in [5.74, 6) is 1.00. The fraction of sp³-hybridized carbons (Fsp3) is 0.368. The van der Waals surface area contributed by atoms with Gasteiger partial charge in [0.1, 0.15) is 0 Å². The summed E-state index contributed by atoms with van der Waals surface area (Å²) in [7, 11) is 0. The molecule has 1 aromatic heterocycles. The zero-order chi connectivity index (χ0) is 17.5. The van der Waals surface area contributed by atoms with Crippen LogP contribution in [-0.2, 0) is 13.0 Å². The average molecular weight is 340 g/mol. The molecule has 2 heterocycles. The normalized spacial score (nSPS) is 14.1. The van der Waals surface area contributed by atoms with Crippen LogP contribution in [0.1, 0.15) is 28.6 Å². The van der Waals surface area contributed by atoms with E-state index >= 15 is 0 Å². The lowest BCUT2D eigenvalue weighted by Gasteiger charge is -2.31. The maximum atomic E-state index is 11.8. The van der Waals surface area contributed by atoms with E-state index in [-0.39, 0.29) is 5.91 Å². The number of amides is 1. The van der Waals surface area contributed by atoms with E-state index < -0.39 is 0 Å². The van der Waals surface area contributed by atoms with Gasteiger partial charge in [0.05, 0.1) is 12.8 Å². The second-order valence-electron chi connectivity index (χ2n) is 5.91. The number of fused-ring (bicyclic) bond motifs is 1. The summed E-state index contributed by atoms with van der Waals surface area (Å²) in [6.07, 6.45) is 2.51. The van der Waals surface area contributed by atoms with E-state index in [0.29, 0.717) is 18.8 Å². The van der Waals surface area contributed by atoms with E-state index in [0.717, 1.165) is 32.0 Å². The molecular formula is C19H24N4O2. The van der Waals surface area contributed by atoms with Crippen molar-refractivity contribution < 1.29 is 9.21 Å². The van der Waals surface area contributed by atoms with Gasteiger partial charge in [-0.3, -0.25) is 9.79 Å². The van der Waals surface area contributed by atoms with Crippen molar-refractivity contribution in [2.45, 2.75) is 19.9 Å². The monoisotopic (exact) mass is 340 g/mol. The summed E-state index contributed by atoms with van der Waals surface area (Å²) in [6.45, 7) is 5.68. The van der Waals surface area contributed by atoms with Crippen LogP contribution in [0.3, 0.4) is 0 Å². The number of nitrogens with zero attached hydrogens (tertiary/aromatic N) is 2. The van der Waals surface area contributed by atoms with Crippen LogP contribution in [-0.4, -0.2) is 42.9 Å². The van der Waals surface area contributed by atoms with Gasteiger partial charge in [0.2, 0.25) is 0 Å². The highest BCUT2D eigenvalue weighted by molar-refractivity contribution is 5.91. The average Bonchev–Trinajstić information content (AvgIpc) is 3.18. The molecule has 2 N–H and O–H groups in total. The van der Waals surface area contributed by atoms with Crippen LogP contribution in [0.15, 0.2) is 52.1 Å². The molecule has 1 aliphatic heterocycles. The van der Waals surface area contributed by atoms with Gasteiger partial charge in [-0.2, -0.15) is 0 Å². The van der Waals surface area contributed by atoms with Crippen molar-refractivity contribution in [1.29, 1.82) is 0 Å². The van der Waals surface area contributed by atoms with Crippen LogP contribution in [0, 0.1) is 0 Å². The zero-order valence-electron chi connectivity index (χ0n) is 14.5. The Balaban J connectivity index is 1.55. The summed E-state index contributed by atoms with van der Waals surface area (Å²) < 4.78 is 5.07. The molecule has 3 rings (SSSR count). The van der Waals surface area contributed by atoms with Gasteiger partial charge >= 0.3 is 0 Å². The minimum Gasteiger partial charge on any atom is -0.459 e. The zero-order valence-corrected chi connectivity index (χ0v) is 14.5. The second-order valence-corrected chi connectivity index (χ2v) is 5.91. The fourth-order valence-electron chi connectivity index (χ4n) is 2.93. The molecule has 0 saturated heterocycles. The predicted octanol–water partition coefficient (Wildman–Crippen LogP) is 2.03. The summed E-state index contributed by atoms with van der Waals surface area (Å²) in [4.78, 5) is 18.7. The lowest BCUT2D eigenvalue weighted by molar-refractivity contribution is 0.0927. The number of benzene rings is 1. The first-order valence-electron chi connectivity index (χ1n) is 8.69. The molecule has 0 fully saturated rings. The van der Waals surface area contributed by atoms with E-state index in [2.05, 4.69) is 51.7 Å². The van der Waals surface area contributed by atoms with Gasteiger partial charge in [-0.05, 0) is 36.6 Å². The Bertz CT molecular complexity index is 725. The van der Waals surface area contributed by atoms with Gasteiger partial charge in [0.25, 0.3) is 5.91 Å². The second kappa shape index (κ2) is 8.37. The molecule has 0 radical (unpaired) electrons. The minimum atomic E-state index is -0.211. The lowest BCUT2D eigenvalue weighted by atomic mass is 10.0. The molecule has 0 saturated carbocycles. The lowest BCUT2D eigenvalue weighted by Crippen LogP contribution is -2.44. The van der Waals surface area contributed by atoms with Crippen LogP contribution in [0.4, 0.5) is 0 Å². The number of nitrogens with one attached hydrogen (secondary N) is 2. The van der Waals surface area contributed by atoms with Crippen molar-refractivity contribution in [3.05, 3.63) is 59.5 Å². The quantitative estimate of drug-likeness (QED) is 0.496. The Labute approximate surface area is 147 Å². The Morgan fingerprint density at radius 1 is 1.20 bits per heavy atom. The maximum absolute atomic E-state index is 11.8. The number of guanidine groups is 1. The molecule has 6 nitrogen and oxygen atoms in total. The van der Waals surface area contributed by atoms with Crippen molar-refractivity contribution in [2.75, 3.05) is 26.2 Å². The first-order chi connectivity index (χ1) is 12.3. The van der Waals surface area contributed by atoms with E-state index in [1.807, 2.05) is 0 Å². The third-order valence-electron chi connectivity index (χ3n) is 4.17. The SMILES string of the molecule is CCNC(=NCCNC(=O)c1ccco1)N1CCc2ccccc2C1. The Kier molecular flexibility index (Phi) is 5.72. The summed E-state index contributed by atoms with van der Waals surface area (Å²) >= 11 is 0. The highest BCUT2D eigenvalue weighted by Gasteiger charge is 2.18. The number of aliphatic imine (C=N–C) groups is 1. The van der Waals surface area contributed by atoms with Gasteiger partial charge in [-0.15, -0.1) is 0 Å². The molecule has 1 amide bonds. The molecule has 0 spiro atoms. The van der Waals surface area contributed by atoms with E-state index in [1.54, 1.807) is 12.1 Å². The Morgan fingerprint density at radius 3 is 2.80 bits per heavy atom. The van der Waals surface area contributed by atoms with Crippen LogP contribution < -0.4 is 10.6 Å². The molecule has 0 atom stereocenters. The van der Waals surface area contributed by atoms with Crippen molar-refractivity contribution in [3.8, 4) is 0 Å². The number of carbonyl (C=O) groups excluding carboxylic acids is 1. The number of furan rings is 1. The first-order valence-corrected chi connectivity index (χ1v) is 8.69. The molecule has 6 heteroatoms. The minimum absolute atomic E-state index is 0.211. The van der Waals surface area contributed by atoms with Crippen LogP contribution in [0.5, 0.6) is 0 Å². The highest BCUT2D eigenvalue weighted by atomic mass is 16.3. The van der Waals surface area contributed by atoms with Gasteiger partial charge in [-0.25, -0.2) is 0 Å². The van der Waals surface area contributed by atoms with Crippen LogP contribution in [0.25, 0.3) is 0 Å². The molecule has 0 bridgehead atoms. The van der Waals surface area contributed by atoms with Gasteiger partial charge in [-0.1, -0.05) is 24.3 Å². The van der Waals surface area contributed by atoms with Gasteiger partial charge < -0.3 is 20.0 Å². The first kappa shape index (κ1) is 17.1. The third kappa shape index (κ3) is 4.41. The summed E-state index contributed by atoms with van der Waals surface area (Å²) in [5, 5.41) is 6.16. The van der Waals surface area contributed by atoms with Crippen LogP contribution in [0.2, 0.25) is 0 Å². The van der Waals surface area contributed by atoms with E-state index in [4.69, 9.17) is 4.42 Å². The molecule has 1 aliphatic rings. The summed E-state index contributed by atoms with van der Waals surface area (Å²) in [5.41, 5.74) is 2.77. The molecule has 0 aliphatic carbocycles. The van der Waals surface area contributed by atoms with E-state index in [1.165, 1.54) is 17.4 Å². The predicted molar refractivity (Wildman–Crippen MR) is 97.6 cm³/mol. The van der Waals surface area contributed by atoms with Crippen molar-refractivity contribution in [1.82, 2.24) is 15.5 Å². The molecule has 2 aromatic rings. The number of hydrogen-bond donors (Lipinski definition) is 2. The number of carbonyl (C=O) groups is 1. The number of rotatable bonds is 5. The van der Waals surface area contributed by atoms with Crippen molar-refractivity contribution in [2.24, 2.45) is 4.99 Å². The van der Waals surface area contributed by atoms with Crippen molar-refractivity contribution in [3.63, 3.8) is 0 Å². The third-order valence-corrected chi connectivity index (χ3v) is 4.17. The molecule has 25 heavy (non-hydrogen) atoms. The van der Waals surface area contributed by atoms with Crippen LogP contribution >= 0.6 is 0 Å². The molecular weight excluding hydrogens is 316 g/mol. The van der Waals surface area contributed by atoms with Crippen molar-refractivity contribution >= 4 is 11.9 Å². The number of hydrogen-bond acceptors (Lipinski definition) is 3. The van der Waals surface area contributed by atoms with Gasteiger partial charge in [0.15, 0.2) is 11.7 Å². The smallest absolute Gasteiger partial charge is 0.287 e. The Morgan fingerprint density at radius 2 is 2.04 bits per heavy atom. The van der Waals surface area contributed by atoms with E-state index in [9.17, 15) is 4.79 Å².